The van der Waals surface area contributed by atoms with Crippen molar-refractivity contribution in [2.24, 2.45) is 17.8 Å². The number of methoxy groups -OCH3 is 1. The monoisotopic (exact) mass is 291 g/mol. The molecule has 0 spiro atoms. The van der Waals surface area contributed by atoms with Crippen LogP contribution in [-0.4, -0.2) is 23.4 Å². The number of ether oxygens (including phenoxy) is 1. The number of rotatable bonds is 7. The second-order valence-electron chi connectivity index (χ2n) is 7.06. The van der Waals surface area contributed by atoms with Crippen LogP contribution in [0.25, 0.3) is 0 Å². The fourth-order valence-corrected chi connectivity index (χ4v) is 4.04. The Hall–Kier alpha value is -1.03. The van der Waals surface area contributed by atoms with Gasteiger partial charge in [-0.25, -0.2) is 0 Å². The van der Waals surface area contributed by atoms with Crippen molar-refractivity contribution in [3.63, 3.8) is 0 Å². The minimum atomic E-state index is 0.366. The molecule has 4 heteroatoms. The molecule has 1 N–H and O–H groups in total. The predicted molar refractivity (Wildman–Crippen MR) is 84.5 cm³/mol. The molecule has 1 aromatic heterocycles. The number of aromatic nitrogens is 2. The van der Waals surface area contributed by atoms with Crippen molar-refractivity contribution in [1.29, 1.82) is 0 Å². The molecule has 2 saturated carbocycles. The first-order valence-corrected chi connectivity index (χ1v) is 8.50. The minimum Gasteiger partial charge on any atom is -0.493 e. The van der Waals surface area contributed by atoms with Crippen LogP contribution in [-0.2, 0) is 0 Å². The molecule has 3 atom stereocenters. The summed E-state index contributed by atoms with van der Waals surface area (Å²) in [6.45, 7) is 7.67. The van der Waals surface area contributed by atoms with Crippen LogP contribution < -0.4 is 10.1 Å². The molecule has 118 valence electrons. The quantitative estimate of drug-likeness (QED) is 0.835. The van der Waals surface area contributed by atoms with Gasteiger partial charge in [-0.1, -0.05) is 6.92 Å². The van der Waals surface area contributed by atoms with Gasteiger partial charge in [0.1, 0.15) is 0 Å². The molecule has 1 heterocycles. The first kappa shape index (κ1) is 14.9. The molecular weight excluding hydrogens is 262 g/mol. The van der Waals surface area contributed by atoms with Crippen molar-refractivity contribution in [2.75, 3.05) is 13.7 Å². The summed E-state index contributed by atoms with van der Waals surface area (Å²) in [7, 11) is 1.76. The molecule has 2 aliphatic rings. The van der Waals surface area contributed by atoms with E-state index in [4.69, 9.17) is 4.74 Å². The largest absolute Gasteiger partial charge is 0.493 e. The third-order valence-corrected chi connectivity index (χ3v) is 5.17. The van der Waals surface area contributed by atoms with Gasteiger partial charge in [-0.15, -0.1) is 0 Å². The zero-order valence-electron chi connectivity index (χ0n) is 13.8. The van der Waals surface area contributed by atoms with Gasteiger partial charge in [0.25, 0.3) is 0 Å². The van der Waals surface area contributed by atoms with Crippen molar-refractivity contribution in [3.8, 4) is 5.75 Å². The lowest BCUT2D eigenvalue weighted by atomic mass is 9.91. The van der Waals surface area contributed by atoms with Crippen molar-refractivity contribution in [1.82, 2.24) is 15.1 Å². The molecule has 2 aliphatic carbocycles. The van der Waals surface area contributed by atoms with Crippen molar-refractivity contribution in [2.45, 2.75) is 58.5 Å². The van der Waals surface area contributed by atoms with E-state index in [0.29, 0.717) is 12.1 Å². The Morgan fingerprint density at radius 1 is 1.33 bits per heavy atom. The molecule has 4 nitrogen and oxygen atoms in total. The predicted octanol–water partition coefficient (Wildman–Crippen LogP) is 3.56. The third kappa shape index (κ3) is 2.83. The normalized spacial score (nSPS) is 28.7. The first-order chi connectivity index (χ1) is 10.2. The Kier molecular flexibility index (Phi) is 4.25. The molecule has 21 heavy (non-hydrogen) atoms. The maximum absolute atomic E-state index is 5.61. The number of hydrogen-bond donors (Lipinski definition) is 1. The number of fused-ring (bicyclic) bond motifs is 1. The molecule has 0 aromatic carbocycles. The summed E-state index contributed by atoms with van der Waals surface area (Å²) < 4.78 is 7.76. The molecule has 0 amide bonds. The molecule has 0 aliphatic heterocycles. The molecule has 3 unspecified atom stereocenters. The molecule has 0 bridgehead atoms. The summed E-state index contributed by atoms with van der Waals surface area (Å²) >= 11 is 0. The maximum Gasteiger partial charge on any atom is 0.161 e. The highest BCUT2D eigenvalue weighted by atomic mass is 16.5. The van der Waals surface area contributed by atoms with Gasteiger partial charge in [-0.2, -0.15) is 5.10 Å². The summed E-state index contributed by atoms with van der Waals surface area (Å²) in [6, 6.07) is 0.753. The highest BCUT2D eigenvalue weighted by molar-refractivity contribution is 5.30. The summed E-state index contributed by atoms with van der Waals surface area (Å²) in [5.74, 6) is 3.69. The maximum atomic E-state index is 5.61. The van der Waals surface area contributed by atoms with E-state index >= 15 is 0 Å². The lowest BCUT2D eigenvalue weighted by Crippen LogP contribution is -2.31. The Morgan fingerprint density at radius 2 is 2.05 bits per heavy atom. The summed E-state index contributed by atoms with van der Waals surface area (Å²) in [5.41, 5.74) is 1.26. The lowest BCUT2D eigenvalue weighted by Gasteiger charge is -2.28. The Morgan fingerprint density at radius 3 is 2.62 bits per heavy atom. The van der Waals surface area contributed by atoms with Gasteiger partial charge in [0.2, 0.25) is 0 Å². The topological polar surface area (TPSA) is 39.1 Å². The van der Waals surface area contributed by atoms with Crippen molar-refractivity contribution in [3.05, 3.63) is 11.9 Å². The van der Waals surface area contributed by atoms with E-state index in [1.54, 1.807) is 7.11 Å². The first-order valence-electron chi connectivity index (χ1n) is 8.50. The van der Waals surface area contributed by atoms with Crippen molar-refractivity contribution >= 4 is 0 Å². The van der Waals surface area contributed by atoms with E-state index in [1.807, 2.05) is 6.20 Å². The van der Waals surface area contributed by atoms with Crippen LogP contribution in [0.2, 0.25) is 0 Å². The second kappa shape index (κ2) is 5.99. The average molecular weight is 291 g/mol. The molecule has 1 aromatic rings. The van der Waals surface area contributed by atoms with E-state index in [2.05, 4.69) is 35.9 Å². The fraction of sp³-hybridized carbons (Fsp3) is 0.824. The Bertz CT molecular complexity index is 472. The highest BCUT2D eigenvalue weighted by Gasteiger charge is 2.49. The molecule has 3 rings (SSSR count). The molecule has 2 fully saturated rings. The summed E-state index contributed by atoms with van der Waals surface area (Å²) in [5, 5.41) is 8.35. The SMILES string of the molecule is CCCNC(c1c(OC)cnn1C(C)C)C1CC2CC2C1. The van der Waals surface area contributed by atoms with Crippen LogP contribution in [0.3, 0.4) is 0 Å². The van der Waals surface area contributed by atoms with E-state index < -0.39 is 0 Å². The standard InChI is InChI=1S/C17H29N3O/c1-5-6-18-16(14-8-12-7-13(12)9-14)17-15(21-4)10-19-20(17)11(2)3/h10-14,16,18H,5-9H2,1-4H3. The van der Waals surface area contributed by atoms with Gasteiger partial charge in [0, 0.05) is 6.04 Å². The van der Waals surface area contributed by atoms with Crippen LogP contribution in [0.5, 0.6) is 5.75 Å². The van der Waals surface area contributed by atoms with Crippen LogP contribution in [0, 0.1) is 17.8 Å². The highest BCUT2D eigenvalue weighted by Crippen LogP contribution is 2.57. The summed E-state index contributed by atoms with van der Waals surface area (Å²) in [6.07, 6.45) is 7.26. The molecule has 0 saturated heterocycles. The van der Waals surface area contributed by atoms with Gasteiger partial charge in [0.15, 0.2) is 5.75 Å². The number of nitrogens with zero attached hydrogens (tertiary/aromatic N) is 2. The van der Waals surface area contributed by atoms with E-state index in [0.717, 1.165) is 36.5 Å². The lowest BCUT2D eigenvalue weighted by molar-refractivity contribution is 0.303. The minimum absolute atomic E-state index is 0.366. The van der Waals surface area contributed by atoms with Crippen LogP contribution in [0.15, 0.2) is 6.20 Å². The van der Waals surface area contributed by atoms with Crippen molar-refractivity contribution < 1.29 is 4.74 Å². The smallest absolute Gasteiger partial charge is 0.161 e. The van der Waals surface area contributed by atoms with E-state index in [1.165, 1.54) is 25.0 Å². The average Bonchev–Trinajstić information content (AvgIpc) is 2.90. The zero-order valence-corrected chi connectivity index (χ0v) is 13.8. The zero-order chi connectivity index (χ0) is 15.0. The van der Waals surface area contributed by atoms with Gasteiger partial charge < -0.3 is 10.1 Å². The number of hydrogen-bond acceptors (Lipinski definition) is 3. The van der Waals surface area contributed by atoms with Gasteiger partial charge in [-0.3, -0.25) is 4.68 Å². The van der Waals surface area contributed by atoms with E-state index in [-0.39, 0.29) is 0 Å². The Labute approximate surface area is 128 Å². The summed E-state index contributed by atoms with van der Waals surface area (Å²) in [4.78, 5) is 0. The van der Waals surface area contributed by atoms with Gasteiger partial charge in [0.05, 0.1) is 25.0 Å². The second-order valence-corrected chi connectivity index (χ2v) is 7.06. The van der Waals surface area contributed by atoms with Crippen LogP contribution in [0.4, 0.5) is 0 Å². The third-order valence-electron chi connectivity index (χ3n) is 5.17. The number of nitrogens with one attached hydrogen (secondary N) is 1. The fourth-order valence-electron chi connectivity index (χ4n) is 4.04. The van der Waals surface area contributed by atoms with Crippen LogP contribution >= 0.6 is 0 Å². The van der Waals surface area contributed by atoms with Gasteiger partial charge in [-0.05, 0) is 63.8 Å². The Balaban J connectivity index is 1.89. The molecular formula is C17H29N3O. The molecule has 0 radical (unpaired) electrons. The van der Waals surface area contributed by atoms with E-state index in [9.17, 15) is 0 Å². The van der Waals surface area contributed by atoms with Crippen LogP contribution in [0.1, 0.15) is 64.2 Å². The van der Waals surface area contributed by atoms with Gasteiger partial charge >= 0.3 is 0 Å².